The number of halogens is 2. The van der Waals surface area contributed by atoms with Crippen LogP contribution in [0.25, 0.3) is 11.3 Å². The van der Waals surface area contributed by atoms with Gasteiger partial charge < -0.3 is 4.90 Å². The summed E-state index contributed by atoms with van der Waals surface area (Å²) >= 11 is 0. The Bertz CT molecular complexity index is 1160. The molecule has 0 saturated carbocycles. The number of nitrogens with one attached hydrogen (secondary N) is 1. The van der Waals surface area contributed by atoms with Crippen LogP contribution in [0.1, 0.15) is 12.0 Å². The number of nitrogens with zero attached hydrogens (tertiary/aromatic N) is 4. The molecule has 0 bridgehead atoms. The molecule has 1 aliphatic rings. The van der Waals surface area contributed by atoms with E-state index in [0.717, 1.165) is 30.5 Å². The van der Waals surface area contributed by atoms with Crippen LogP contribution in [-0.4, -0.2) is 38.9 Å². The molecule has 1 N–H and O–H groups in total. The fraction of sp³-hybridized carbons (Fsp3) is 0.227. The first kappa shape index (κ1) is 21.3. The number of aromatic nitrogens is 2. The molecule has 0 aliphatic carbocycles. The van der Waals surface area contributed by atoms with E-state index < -0.39 is 28.3 Å². The van der Waals surface area contributed by atoms with E-state index in [0.29, 0.717) is 19.2 Å². The van der Waals surface area contributed by atoms with Crippen molar-refractivity contribution in [1.82, 2.24) is 14.9 Å². The predicted molar refractivity (Wildman–Crippen MR) is 113 cm³/mol. The Hall–Kier alpha value is -3.95. The van der Waals surface area contributed by atoms with E-state index >= 15 is 0 Å². The van der Waals surface area contributed by atoms with Crippen molar-refractivity contribution in [2.24, 2.45) is 5.92 Å². The zero-order valence-corrected chi connectivity index (χ0v) is 16.9. The number of likely N-dealkylation sites (tertiary alicyclic amines) is 1. The first-order valence-electron chi connectivity index (χ1n) is 9.96. The second-order valence-corrected chi connectivity index (χ2v) is 7.54. The van der Waals surface area contributed by atoms with E-state index in [1.165, 1.54) is 12.1 Å². The van der Waals surface area contributed by atoms with Crippen LogP contribution in [0.5, 0.6) is 0 Å². The molecular weight excluding hydrogens is 420 g/mol. The number of rotatable bonds is 5. The van der Waals surface area contributed by atoms with Gasteiger partial charge in [-0.15, -0.1) is 0 Å². The van der Waals surface area contributed by atoms with Gasteiger partial charge in [0.25, 0.3) is 0 Å². The van der Waals surface area contributed by atoms with Gasteiger partial charge in [0.1, 0.15) is 11.6 Å². The summed E-state index contributed by atoms with van der Waals surface area (Å²) in [7, 11) is 0. The quantitative estimate of drug-likeness (QED) is 0.468. The summed E-state index contributed by atoms with van der Waals surface area (Å²) in [5.41, 5.74) is 0.663. The number of urea groups is 1. The van der Waals surface area contributed by atoms with E-state index in [-0.39, 0.29) is 23.0 Å². The fourth-order valence-electron chi connectivity index (χ4n) is 3.75. The smallest absolute Gasteiger partial charge is 0.323 e. The number of pyridine rings is 2. The maximum absolute atomic E-state index is 14.1. The van der Waals surface area contributed by atoms with Gasteiger partial charge in [-0.3, -0.25) is 20.4 Å². The minimum Gasteiger partial charge on any atom is -0.324 e. The summed E-state index contributed by atoms with van der Waals surface area (Å²) < 4.78 is 27.4. The van der Waals surface area contributed by atoms with Crippen molar-refractivity contribution in [2.75, 3.05) is 18.4 Å². The summed E-state index contributed by atoms with van der Waals surface area (Å²) in [5, 5.41) is 13.9. The monoisotopic (exact) mass is 439 g/mol. The Morgan fingerprint density at radius 3 is 2.81 bits per heavy atom. The Balaban J connectivity index is 1.51. The van der Waals surface area contributed by atoms with Crippen molar-refractivity contribution in [1.29, 1.82) is 0 Å². The Labute approximate surface area is 182 Å². The topological polar surface area (TPSA) is 101 Å². The molecule has 4 rings (SSSR count). The minimum atomic E-state index is -0.860. The number of carbonyl (C=O) groups excluding carboxylic acids is 1. The largest absolute Gasteiger partial charge is 0.324 e. The normalized spacial score (nSPS) is 15.6. The highest BCUT2D eigenvalue weighted by atomic mass is 19.1. The minimum absolute atomic E-state index is 0.0329. The van der Waals surface area contributed by atoms with Gasteiger partial charge in [-0.25, -0.2) is 18.6 Å². The lowest BCUT2D eigenvalue weighted by molar-refractivity contribution is -0.384. The molecule has 2 aromatic heterocycles. The SMILES string of the molecule is O=C(Nc1nc(-c2ccc(F)cc2F)ccc1[N+](=O)[O-])N1CCC(Cc2cccnc2)C1. The van der Waals surface area contributed by atoms with Crippen molar-refractivity contribution in [2.45, 2.75) is 12.8 Å². The van der Waals surface area contributed by atoms with E-state index in [1.54, 1.807) is 17.3 Å². The van der Waals surface area contributed by atoms with Crippen LogP contribution in [0.3, 0.4) is 0 Å². The van der Waals surface area contributed by atoms with E-state index in [1.807, 2.05) is 12.1 Å². The molecule has 3 heterocycles. The third kappa shape index (κ3) is 4.69. The van der Waals surface area contributed by atoms with Crippen LogP contribution in [0.2, 0.25) is 0 Å². The lowest BCUT2D eigenvalue weighted by atomic mass is 10.0. The van der Waals surface area contributed by atoms with Gasteiger partial charge in [0, 0.05) is 43.2 Å². The molecule has 1 aromatic carbocycles. The van der Waals surface area contributed by atoms with Crippen molar-refractivity contribution in [3.63, 3.8) is 0 Å². The van der Waals surface area contributed by atoms with Gasteiger partial charge >= 0.3 is 11.7 Å². The van der Waals surface area contributed by atoms with Crippen LogP contribution < -0.4 is 5.32 Å². The number of benzene rings is 1. The maximum atomic E-state index is 14.1. The standard InChI is InChI=1S/C22H19F2N5O3/c23-16-3-4-17(18(24)11-16)19-5-6-20(29(31)32)21(26-19)27-22(30)28-9-7-15(13-28)10-14-2-1-8-25-12-14/h1-6,8,11-12,15H,7,9-10,13H2,(H,26,27,30). The summed E-state index contributed by atoms with van der Waals surface area (Å²) in [5.74, 6) is -1.66. The number of amides is 2. The molecule has 0 spiro atoms. The van der Waals surface area contributed by atoms with Crippen molar-refractivity contribution in [3.05, 3.63) is 82.2 Å². The summed E-state index contributed by atoms with van der Waals surface area (Å²) in [4.78, 5) is 33.2. The number of nitro groups is 1. The second kappa shape index (κ2) is 9.04. The predicted octanol–water partition coefficient (Wildman–Crippen LogP) is 4.43. The highest BCUT2D eigenvalue weighted by molar-refractivity contribution is 5.91. The Morgan fingerprint density at radius 2 is 2.09 bits per heavy atom. The van der Waals surface area contributed by atoms with Crippen molar-refractivity contribution >= 4 is 17.5 Å². The number of hydrogen-bond acceptors (Lipinski definition) is 5. The van der Waals surface area contributed by atoms with Crippen LogP contribution >= 0.6 is 0 Å². The second-order valence-electron chi connectivity index (χ2n) is 7.54. The first-order chi connectivity index (χ1) is 15.4. The molecule has 0 radical (unpaired) electrons. The summed E-state index contributed by atoms with van der Waals surface area (Å²) in [6.07, 6.45) is 5.05. The first-order valence-corrected chi connectivity index (χ1v) is 9.96. The lowest BCUT2D eigenvalue weighted by Crippen LogP contribution is -2.33. The van der Waals surface area contributed by atoms with Gasteiger partial charge in [-0.05, 0) is 48.6 Å². The molecule has 1 unspecified atom stereocenters. The molecule has 3 aromatic rings. The molecule has 1 aliphatic heterocycles. The average Bonchev–Trinajstić information content (AvgIpc) is 3.23. The zero-order valence-electron chi connectivity index (χ0n) is 16.9. The van der Waals surface area contributed by atoms with Gasteiger partial charge in [-0.2, -0.15) is 0 Å². The molecule has 1 fully saturated rings. The van der Waals surface area contributed by atoms with Crippen molar-refractivity contribution < 1.29 is 18.5 Å². The zero-order chi connectivity index (χ0) is 22.7. The number of anilines is 1. The van der Waals surface area contributed by atoms with Crippen LogP contribution in [0.15, 0.2) is 54.9 Å². The summed E-state index contributed by atoms with van der Waals surface area (Å²) in [6, 6.07) is 8.65. The number of hydrogen-bond donors (Lipinski definition) is 1. The summed E-state index contributed by atoms with van der Waals surface area (Å²) in [6.45, 7) is 0.984. The maximum Gasteiger partial charge on any atom is 0.323 e. The van der Waals surface area contributed by atoms with Gasteiger partial charge in [0.15, 0.2) is 0 Å². The van der Waals surface area contributed by atoms with Crippen LogP contribution in [0, 0.1) is 27.7 Å². The highest BCUT2D eigenvalue weighted by Crippen LogP contribution is 2.29. The molecule has 2 amide bonds. The Kier molecular flexibility index (Phi) is 6.02. The third-order valence-electron chi connectivity index (χ3n) is 5.32. The molecule has 32 heavy (non-hydrogen) atoms. The highest BCUT2D eigenvalue weighted by Gasteiger charge is 2.28. The van der Waals surface area contributed by atoms with Crippen molar-refractivity contribution in [3.8, 4) is 11.3 Å². The average molecular weight is 439 g/mol. The molecule has 1 saturated heterocycles. The molecule has 8 nitrogen and oxygen atoms in total. The molecule has 164 valence electrons. The van der Waals surface area contributed by atoms with Crippen LogP contribution in [-0.2, 0) is 6.42 Å². The number of carbonyl (C=O) groups is 1. The van der Waals surface area contributed by atoms with Gasteiger partial charge in [0.05, 0.1) is 10.6 Å². The van der Waals surface area contributed by atoms with Gasteiger partial charge in [0.2, 0.25) is 5.82 Å². The lowest BCUT2D eigenvalue weighted by Gasteiger charge is -2.17. The van der Waals surface area contributed by atoms with E-state index in [9.17, 15) is 23.7 Å². The van der Waals surface area contributed by atoms with Crippen LogP contribution in [0.4, 0.5) is 25.1 Å². The third-order valence-corrected chi connectivity index (χ3v) is 5.32. The molecule has 1 atom stereocenters. The Morgan fingerprint density at radius 1 is 1.25 bits per heavy atom. The van der Waals surface area contributed by atoms with E-state index in [4.69, 9.17) is 0 Å². The van der Waals surface area contributed by atoms with E-state index in [2.05, 4.69) is 15.3 Å². The van der Waals surface area contributed by atoms with Gasteiger partial charge in [-0.1, -0.05) is 6.07 Å². The molecular formula is C22H19F2N5O3. The molecule has 10 heteroatoms. The fourth-order valence-corrected chi connectivity index (χ4v) is 3.75.